The van der Waals surface area contributed by atoms with E-state index < -0.39 is 0 Å². The van der Waals surface area contributed by atoms with E-state index in [2.05, 4.69) is 93.9 Å². The maximum atomic E-state index is 6.46. The zero-order chi connectivity index (χ0) is 16.4. The van der Waals surface area contributed by atoms with Crippen LogP contribution in [0.25, 0.3) is 0 Å². The number of benzene rings is 2. The first kappa shape index (κ1) is 15.5. The molecule has 120 valence electrons. The molecule has 0 radical (unpaired) electrons. The molecule has 2 atom stereocenters. The van der Waals surface area contributed by atoms with Gasteiger partial charge in [0.15, 0.2) is 6.23 Å². The maximum absolute atomic E-state index is 6.46. The van der Waals surface area contributed by atoms with Gasteiger partial charge in [-0.1, -0.05) is 58.7 Å². The van der Waals surface area contributed by atoms with Crippen LogP contribution < -0.4 is 9.64 Å². The molecule has 2 aromatic carbocycles. The second-order valence-electron chi connectivity index (χ2n) is 7.42. The van der Waals surface area contributed by atoms with E-state index in [1.165, 1.54) is 16.8 Å². The summed E-state index contributed by atoms with van der Waals surface area (Å²) in [6.07, 6.45) is 1.05. The van der Waals surface area contributed by atoms with Crippen LogP contribution in [-0.2, 0) is 6.42 Å². The minimum Gasteiger partial charge on any atom is -0.470 e. The van der Waals surface area contributed by atoms with Gasteiger partial charge < -0.3 is 9.64 Å². The average molecular weight is 437 g/mol. The molecule has 0 spiro atoms. The molecule has 0 aliphatic carbocycles. The number of halogens is 2. The lowest BCUT2D eigenvalue weighted by Crippen LogP contribution is -2.51. The minimum absolute atomic E-state index is 0.0208. The lowest BCUT2D eigenvalue weighted by atomic mass is 9.89. The summed E-state index contributed by atoms with van der Waals surface area (Å²) in [6, 6.07) is 13.3. The zero-order valence-electron chi connectivity index (χ0n) is 13.4. The molecule has 23 heavy (non-hydrogen) atoms. The number of ether oxygens (including phenoxy) is 1. The Morgan fingerprint density at radius 3 is 2.48 bits per heavy atom. The smallest absolute Gasteiger partial charge is 0.177 e. The van der Waals surface area contributed by atoms with Crippen molar-refractivity contribution in [3.63, 3.8) is 0 Å². The van der Waals surface area contributed by atoms with Crippen molar-refractivity contribution in [1.82, 2.24) is 0 Å². The number of hydrogen-bond donors (Lipinski definition) is 0. The lowest BCUT2D eigenvalue weighted by Gasteiger charge is -2.46. The quantitative estimate of drug-likeness (QED) is 0.496. The summed E-state index contributed by atoms with van der Waals surface area (Å²) >= 11 is 7.18. The van der Waals surface area contributed by atoms with E-state index in [4.69, 9.17) is 4.74 Å². The number of rotatable bonds is 0. The van der Waals surface area contributed by atoms with Crippen molar-refractivity contribution in [2.45, 2.75) is 39.5 Å². The van der Waals surface area contributed by atoms with Crippen LogP contribution in [0.2, 0.25) is 0 Å². The summed E-state index contributed by atoms with van der Waals surface area (Å²) in [5.74, 6) is 1.01. The van der Waals surface area contributed by atoms with Crippen LogP contribution in [0.3, 0.4) is 0 Å². The van der Waals surface area contributed by atoms with Crippen molar-refractivity contribution in [2.24, 2.45) is 5.41 Å². The van der Waals surface area contributed by atoms with Crippen LogP contribution in [0.5, 0.6) is 5.75 Å². The van der Waals surface area contributed by atoms with Gasteiger partial charge >= 0.3 is 0 Å². The highest BCUT2D eigenvalue weighted by Crippen LogP contribution is 2.51. The fourth-order valence-corrected chi connectivity index (χ4v) is 4.40. The molecule has 0 bridgehead atoms. The van der Waals surface area contributed by atoms with Crippen LogP contribution in [-0.4, -0.2) is 6.23 Å². The third kappa shape index (κ3) is 2.51. The monoisotopic (exact) mass is 435 g/mol. The highest BCUT2D eigenvalue weighted by molar-refractivity contribution is 9.10. The Bertz CT molecular complexity index is 781. The number of fused-ring (bicyclic) bond motifs is 5. The topological polar surface area (TPSA) is 12.5 Å². The van der Waals surface area contributed by atoms with Gasteiger partial charge in [-0.2, -0.15) is 0 Å². The molecule has 2 aromatic rings. The molecule has 0 unspecified atom stereocenters. The van der Waals surface area contributed by atoms with Crippen LogP contribution in [0.4, 0.5) is 5.69 Å². The standard InChI is InChI=1S/C19H19Br2NO/c1-19(2,3)18-22-15-7-5-12(20)8-11(15)9-16(22)14-6-4-13(21)10-17(14)23-18/h4-8,10,16,18H,9H2,1-3H3/t16-,18+/m1/s1. The molecule has 0 saturated carbocycles. The van der Waals surface area contributed by atoms with Crippen molar-refractivity contribution in [2.75, 3.05) is 4.90 Å². The summed E-state index contributed by atoms with van der Waals surface area (Å²) in [5, 5.41) is 0. The first-order chi connectivity index (χ1) is 10.8. The summed E-state index contributed by atoms with van der Waals surface area (Å²) in [5.41, 5.74) is 3.98. The van der Waals surface area contributed by atoms with Crippen LogP contribution >= 0.6 is 31.9 Å². The Balaban J connectivity index is 1.89. The van der Waals surface area contributed by atoms with Crippen molar-refractivity contribution < 1.29 is 4.74 Å². The van der Waals surface area contributed by atoms with Gasteiger partial charge in [-0.3, -0.25) is 0 Å². The van der Waals surface area contributed by atoms with E-state index in [-0.39, 0.29) is 11.6 Å². The highest BCUT2D eigenvalue weighted by Gasteiger charge is 2.45. The Hall–Kier alpha value is -1.00. The van der Waals surface area contributed by atoms with Gasteiger partial charge in [-0.15, -0.1) is 0 Å². The average Bonchev–Trinajstić information content (AvgIpc) is 2.83. The molecule has 0 N–H and O–H groups in total. The van der Waals surface area contributed by atoms with E-state index in [9.17, 15) is 0 Å². The molecule has 0 saturated heterocycles. The zero-order valence-corrected chi connectivity index (χ0v) is 16.6. The molecule has 2 aliphatic rings. The van der Waals surface area contributed by atoms with E-state index in [0.29, 0.717) is 6.04 Å². The van der Waals surface area contributed by atoms with Gasteiger partial charge in [0.25, 0.3) is 0 Å². The van der Waals surface area contributed by atoms with Crippen molar-refractivity contribution in [1.29, 1.82) is 0 Å². The van der Waals surface area contributed by atoms with Crippen LogP contribution in [0.15, 0.2) is 45.3 Å². The lowest BCUT2D eigenvalue weighted by molar-refractivity contribution is 0.0629. The first-order valence-corrected chi connectivity index (χ1v) is 9.46. The Kier molecular flexibility index (Phi) is 3.54. The number of hydrogen-bond acceptors (Lipinski definition) is 2. The van der Waals surface area contributed by atoms with Gasteiger partial charge in [0.05, 0.1) is 6.04 Å². The molecular weight excluding hydrogens is 418 g/mol. The van der Waals surface area contributed by atoms with Crippen molar-refractivity contribution in [3.05, 3.63) is 56.5 Å². The first-order valence-electron chi connectivity index (χ1n) is 7.87. The molecule has 0 amide bonds. The van der Waals surface area contributed by atoms with Gasteiger partial charge in [-0.25, -0.2) is 0 Å². The predicted octanol–water partition coefficient (Wildman–Crippen LogP) is 6.08. The summed E-state index contributed by atoms with van der Waals surface area (Å²) in [7, 11) is 0. The molecule has 0 aromatic heterocycles. The molecule has 2 aliphatic heterocycles. The summed E-state index contributed by atoms with van der Waals surface area (Å²) < 4.78 is 8.67. The van der Waals surface area contributed by atoms with Gasteiger partial charge in [0, 0.05) is 25.6 Å². The van der Waals surface area contributed by atoms with E-state index in [1.54, 1.807) is 0 Å². The third-order valence-electron chi connectivity index (χ3n) is 4.64. The van der Waals surface area contributed by atoms with E-state index in [1.807, 2.05) is 0 Å². The van der Waals surface area contributed by atoms with Gasteiger partial charge in [0.2, 0.25) is 0 Å². The van der Waals surface area contributed by atoms with Crippen molar-refractivity contribution in [3.8, 4) is 5.75 Å². The fourth-order valence-electron chi connectivity index (χ4n) is 3.65. The molecule has 4 rings (SSSR count). The Morgan fingerprint density at radius 1 is 1.04 bits per heavy atom. The number of nitrogens with zero attached hydrogens (tertiary/aromatic N) is 1. The number of anilines is 1. The normalized spacial score (nSPS) is 22.2. The second-order valence-corrected chi connectivity index (χ2v) is 9.25. The highest BCUT2D eigenvalue weighted by atomic mass is 79.9. The molecular formula is C19H19Br2NO. The fraction of sp³-hybridized carbons (Fsp3) is 0.368. The Labute approximate surface area is 154 Å². The minimum atomic E-state index is 0.0208. The van der Waals surface area contributed by atoms with Crippen molar-refractivity contribution >= 4 is 37.5 Å². The summed E-state index contributed by atoms with van der Waals surface area (Å²) in [4.78, 5) is 2.47. The van der Waals surface area contributed by atoms with E-state index in [0.717, 1.165) is 21.1 Å². The van der Waals surface area contributed by atoms with Gasteiger partial charge in [0.1, 0.15) is 5.75 Å². The van der Waals surface area contributed by atoms with E-state index >= 15 is 0 Å². The van der Waals surface area contributed by atoms with Crippen LogP contribution in [0.1, 0.15) is 37.9 Å². The molecule has 2 nitrogen and oxygen atoms in total. The molecule has 4 heteroatoms. The van der Waals surface area contributed by atoms with Gasteiger partial charge in [-0.05, 0) is 42.3 Å². The van der Waals surface area contributed by atoms with Crippen LogP contribution in [0, 0.1) is 5.41 Å². The molecule has 2 heterocycles. The largest absolute Gasteiger partial charge is 0.470 e. The summed E-state index contributed by atoms with van der Waals surface area (Å²) in [6.45, 7) is 6.73. The predicted molar refractivity (Wildman–Crippen MR) is 101 cm³/mol. The Morgan fingerprint density at radius 2 is 1.74 bits per heavy atom. The second kappa shape index (κ2) is 5.25. The maximum Gasteiger partial charge on any atom is 0.177 e. The molecule has 0 fully saturated rings. The SMILES string of the molecule is CC(C)(C)[C@@H]1Oc2cc(Br)ccc2[C@H]2Cc3cc(Br)ccc3N21. The third-order valence-corrected chi connectivity index (χ3v) is 5.62.